The number of hydrogen-bond donors (Lipinski definition) is 2. The minimum absolute atomic E-state index is 0.140. The molecule has 4 aromatic rings. The molecule has 0 saturated heterocycles. The van der Waals surface area contributed by atoms with Gasteiger partial charge in [-0.15, -0.1) is 0 Å². The summed E-state index contributed by atoms with van der Waals surface area (Å²) < 4.78 is 17.0. The van der Waals surface area contributed by atoms with E-state index in [1.54, 1.807) is 24.4 Å². The van der Waals surface area contributed by atoms with E-state index >= 15 is 4.39 Å². The van der Waals surface area contributed by atoms with Crippen LogP contribution in [0.1, 0.15) is 51.7 Å². The topological polar surface area (TPSA) is 93.2 Å². The number of carbonyl (C=O) groups excluding carboxylic acids is 1. The monoisotopic (exact) mass is 454 g/mol. The number of pyridine rings is 1. The van der Waals surface area contributed by atoms with Crippen LogP contribution < -0.4 is 11.3 Å². The number of rotatable bonds is 4. The lowest BCUT2D eigenvalue weighted by Gasteiger charge is -2.13. The van der Waals surface area contributed by atoms with E-state index in [1.165, 1.54) is 24.1 Å². The van der Waals surface area contributed by atoms with E-state index in [0.29, 0.717) is 34.8 Å². The molecule has 7 heteroatoms. The third-order valence-corrected chi connectivity index (χ3v) is 6.99. The van der Waals surface area contributed by atoms with Gasteiger partial charge in [-0.2, -0.15) is 0 Å². The molecule has 34 heavy (non-hydrogen) atoms. The number of aliphatic imine (C=N–C) groups is 1. The zero-order chi connectivity index (χ0) is 23.6. The molecule has 2 aromatic carbocycles. The Balaban J connectivity index is 1.65. The molecule has 0 saturated carbocycles. The summed E-state index contributed by atoms with van der Waals surface area (Å²) in [7, 11) is 0. The molecule has 0 bridgehead atoms. The molecule has 3 heterocycles. The van der Waals surface area contributed by atoms with E-state index in [9.17, 15) is 9.59 Å². The number of aryl methyl sites for hydroxylation is 2. The third-order valence-electron chi connectivity index (χ3n) is 6.99. The van der Waals surface area contributed by atoms with Crippen molar-refractivity contribution in [1.29, 1.82) is 0 Å². The number of hydrogen-bond acceptors (Lipinski definition) is 4. The molecule has 0 atom stereocenters. The molecule has 1 aliphatic heterocycles. The van der Waals surface area contributed by atoms with E-state index in [0.717, 1.165) is 41.3 Å². The fourth-order valence-corrected chi connectivity index (χ4v) is 5.41. The molecule has 0 unspecified atom stereocenters. The minimum atomic E-state index is -0.361. The zero-order valence-electron chi connectivity index (χ0n) is 18.7. The lowest BCUT2D eigenvalue weighted by Crippen LogP contribution is -2.14. The highest BCUT2D eigenvalue weighted by molar-refractivity contribution is 6.10. The highest BCUT2D eigenvalue weighted by Crippen LogP contribution is 2.38. The van der Waals surface area contributed by atoms with E-state index < -0.39 is 0 Å². The number of halogens is 1. The van der Waals surface area contributed by atoms with E-state index in [4.69, 9.17) is 5.73 Å². The van der Waals surface area contributed by atoms with Crippen molar-refractivity contribution < 1.29 is 9.18 Å². The Morgan fingerprint density at radius 3 is 2.71 bits per heavy atom. The van der Waals surface area contributed by atoms with Crippen molar-refractivity contribution in [2.24, 2.45) is 10.7 Å². The van der Waals surface area contributed by atoms with Gasteiger partial charge in [-0.25, -0.2) is 4.39 Å². The molecule has 0 spiro atoms. The SMILES string of the molecule is CC(=O)c1c(-c2ccc[nH]c2=O)c2cc3c(cc2n1Cc1cc2c(cc1F)CN=C2N)CCC3. The second kappa shape index (κ2) is 7.52. The Bertz CT molecular complexity index is 1610. The smallest absolute Gasteiger partial charge is 0.255 e. The van der Waals surface area contributed by atoms with Gasteiger partial charge in [0.1, 0.15) is 11.7 Å². The second-order valence-corrected chi connectivity index (χ2v) is 9.07. The quantitative estimate of drug-likeness (QED) is 0.455. The van der Waals surface area contributed by atoms with Crippen LogP contribution >= 0.6 is 0 Å². The van der Waals surface area contributed by atoms with Gasteiger partial charge >= 0.3 is 0 Å². The van der Waals surface area contributed by atoms with Gasteiger partial charge in [0.25, 0.3) is 5.56 Å². The highest BCUT2D eigenvalue weighted by Gasteiger charge is 2.27. The number of benzene rings is 2. The van der Waals surface area contributed by atoms with Gasteiger partial charge in [-0.05, 0) is 72.4 Å². The first-order valence-corrected chi connectivity index (χ1v) is 11.4. The van der Waals surface area contributed by atoms with Crippen molar-refractivity contribution in [3.05, 3.63) is 92.3 Å². The van der Waals surface area contributed by atoms with Crippen molar-refractivity contribution in [3.8, 4) is 11.1 Å². The van der Waals surface area contributed by atoms with Crippen molar-refractivity contribution in [2.75, 3.05) is 0 Å². The van der Waals surface area contributed by atoms with Gasteiger partial charge in [-0.1, -0.05) is 0 Å². The predicted octanol–water partition coefficient (Wildman–Crippen LogP) is 4.09. The highest BCUT2D eigenvalue weighted by atomic mass is 19.1. The van der Waals surface area contributed by atoms with Gasteiger partial charge in [0.2, 0.25) is 0 Å². The molecule has 2 aromatic heterocycles. The average molecular weight is 455 g/mol. The molecule has 2 aliphatic rings. The second-order valence-electron chi connectivity index (χ2n) is 9.07. The summed E-state index contributed by atoms with van der Waals surface area (Å²) in [4.78, 5) is 32.8. The summed E-state index contributed by atoms with van der Waals surface area (Å²) in [6.07, 6.45) is 4.57. The number of H-pyrrole nitrogens is 1. The van der Waals surface area contributed by atoms with Crippen LogP contribution in [-0.4, -0.2) is 21.2 Å². The van der Waals surface area contributed by atoms with Crippen molar-refractivity contribution in [3.63, 3.8) is 0 Å². The van der Waals surface area contributed by atoms with Crippen molar-refractivity contribution in [2.45, 2.75) is 39.3 Å². The molecule has 0 amide bonds. The molecule has 170 valence electrons. The summed E-state index contributed by atoms with van der Waals surface area (Å²) in [5.74, 6) is -0.146. The average Bonchev–Trinajstić information content (AvgIpc) is 3.49. The van der Waals surface area contributed by atoms with E-state index in [2.05, 4.69) is 22.1 Å². The summed E-state index contributed by atoms with van der Waals surface area (Å²) in [6, 6.07) is 10.9. The fourth-order valence-electron chi connectivity index (χ4n) is 5.41. The summed E-state index contributed by atoms with van der Waals surface area (Å²) in [5.41, 5.74) is 12.4. The maximum atomic E-state index is 15.2. The van der Waals surface area contributed by atoms with Crippen LogP contribution in [0.5, 0.6) is 0 Å². The molecule has 0 radical (unpaired) electrons. The predicted molar refractivity (Wildman–Crippen MR) is 130 cm³/mol. The lowest BCUT2D eigenvalue weighted by molar-refractivity contribution is 0.101. The summed E-state index contributed by atoms with van der Waals surface area (Å²) in [6.45, 7) is 2.00. The van der Waals surface area contributed by atoms with E-state index in [-0.39, 0.29) is 23.7 Å². The summed E-state index contributed by atoms with van der Waals surface area (Å²) in [5, 5.41) is 0.838. The number of nitrogens with one attached hydrogen (secondary N) is 1. The molecule has 6 rings (SSSR count). The van der Waals surface area contributed by atoms with Crippen LogP contribution in [0.2, 0.25) is 0 Å². The van der Waals surface area contributed by atoms with Gasteiger partial charge in [0, 0.05) is 46.3 Å². The van der Waals surface area contributed by atoms with Crippen LogP contribution in [0.4, 0.5) is 4.39 Å². The first kappa shape index (κ1) is 20.6. The maximum absolute atomic E-state index is 15.2. The van der Waals surface area contributed by atoms with Gasteiger partial charge in [-0.3, -0.25) is 14.6 Å². The van der Waals surface area contributed by atoms with Crippen LogP contribution in [0, 0.1) is 5.82 Å². The van der Waals surface area contributed by atoms with Gasteiger partial charge < -0.3 is 15.3 Å². The van der Waals surface area contributed by atoms with Crippen molar-refractivity contribution >= 4 is 22.5 Å². The van der Waals surface area contributed by atoms with Crippen LogP contribution in [-0.2, 0) is 25.9 Å². The van der Waals surface area contributed by atoms with Gasteiger partial charge in [0.15, 0.2) is 5.78 Å². The number of amidine groups is 1. The number of Topliss-reactive ketones (excluding diaryl/α,β-unsaturated/α-hetero) is 1. The first-order valence-electron chi connectivity index (χ1n) is 11.4. The number of carbonyl (C=O) groups is 1. The Morgan fingerprint density at radius 2 is 1.94 bits per heavy atom. The lowest BCUT2D eigenvalue weighted by atomic mass is 9.99. The fraction of sp³-hybridized carbons (Fsp3) is 0.222. The Morgan fingerprint density at radius 1 is 1.15 bits per heavy atom. The van der Waals surface area contributed by atoms with Crippen molar-refractivity contribution in [1.82, 2.24) is 9.55 Å². The third kappa shape index (κ3) is 3.04. The Labute approximate surface area is 194 Å². The standard InChI is InChI=1S/C27H23FN4O2/c1-14(33)25-24(19-6-3-7-30-27(19)34)21-8-15-4-2-5-16(15)11-23(21)32(25)13-18-9-20-17(10-22(18)28)12-31-26(20)29/h3,6-11H,2,4-5,12-13H2,1H3,(H2,29,31)(H,30,34). The number of aromatic amines is 1. The number of nitrogens with zero attached hydrogens (tertiary/aromatic N) is 2. The van der Waals surface area contributed by atoms with E-state index in [1.807, 2.05) is 4.57 Å². The van der Waals surface area contributed by atoms with Crippen LogP contribution in [0.15, 0.2) is 52.4 Å². The largest absolute Gasteiger partial charge is 0.383 e. The Kier molecular flexibility index (Phi) is 4.55. The number of ketones is 1. The molecular weight excluding hydrogens is 431 g/mol. The van der Waals surface area contributed by atoms with Crippen LogP contribution in [0.3, 0.4) is 0 Å². The molecule has 6 nitrogen and oxygen atoms in total. The molecule has 0 fully saturated rings. The van der Waals surface area contributed by atoms with Gasteiger partial charge in [0.05, 0.1) is 18.8 Å². The normalized spacial score (nSPS) is 14.4. The zero-order valence-corrected chi connectivity index (χ0v) is 18.7. The Hall–Kier alpha value is -4.00. The van der Waals surface area contributed by atoms with Crippen LogP contribution in [0.25, 0.3) is 22.0 Å². The maximum Gasteiger partial charge on any atom is 0.255 e. The number of nitrogens with two attached hydrogens (primary N) is 1. The number of aromatic nitrogens is 2. The first-order chi connectivity index (χ1) is 16.4. The molecular formula is C27H23FN4O2. The summed E-state index contributed by atoms with van der Waals surface area (Å²) >= 11 is 0. The molecule has 3 N–H and O–H groups in total. The number of fused-ring (bicyclic) bond motifs is 3. The minimum Gasteiger partial charge on any atom is -0.383 e. The molecule has 1 aliphatic carbocycles.